The van der Waals surface area contributed by atoms with Crippen molar-refractivity contribution in [3.8, 4) is 61.3 Å². The number of para-hydroxylation sites is 3. The molecule has 11 aromatic carbocycles. The number of fused-ring (bicyclic) bond motifs is 6. The first-order valence-electron chi connectivity index (χ1n) is 23.6. The fraction of sp³-hybridized carbons (Fsp3) is 0. The van der Waals surface area contributed by atoms with Gasteiger partial charge in [-0.15, -0.1) is 0 Å². The van der Waals surface area contributed by atoms with E-state index < -0.39 is 0 Å². The summed E-state index contributed by atoms with van der Waals surface area (Å²) in [5.74, 6) is 0. The Morgan fingerprint density at radius 3 is 1.36 bits per heavy atom. The van der Waals surface area contributed by atoms with E-state index in [1.807, 2.05) is 12.1 Å². The summed E-state index contributed by atoms with van der Waals surface area (Å²) >= 11 is 0. The molecule has 3 nitrogen and oxygen atoms in total. The van der Waals surface area contributed by atoms with Crippen LogP contribution in [0.1, 0.15) is 0 Å². The molecular weight excluding hydrogens is 837 g/mol. The lowest BCUT2D eigenvalue weighted by atomic mass is 9.97. The van der Waals surface area contributed by atoms with Crippen LogP contribution in [0.25, 0.3) is 105 Å². The van der Waals surface area contributed by atoms with Crippen LogP contribution in [0.3, 0.4) is 0 Å². The molecule has 0 saturated heterocycles. The second-order valence-electron chi connectivity index (χ2n) is 17.7. The molecule has 0 amide bonds. The molecule has 0 aliphatic carbocycles. The predicted octanol–water partition coefficient (Wildman–Crippen LogP) is 18.5. The summed E-state index contributed by atoms with van der Waals surface area (Å²) in [6.45, 7) is 0. The zero-order valence-electron chi connectivity index (χ0n) is 37.7. The average molecular weight is 881 g/mol. The quantitative estimate of drug-likeness (QED) is 0.144. The van der Waals surface area contributed by atoms with E-state index >= 15 is 0 Å². The number of aromatic nitrogens is 1. The third-order valence-corrected chi connectivity index (χ3v) is 13.6. The number of nitrogens with zero attached hydrogens (tertiary/aromatic N) is 2. The van der Waals surface area contributed by atoms with E-state index in [0.29, 0.717) is 0 Å². The maximum atomic E-state index is 6.33. The van der Waals surface area contributed by atoms with Crippen LogP contribution in [-0.4, -0.2) is 4.57 Å². The van der Waals surface area contributed by atoms with Crippen molar-refractivity contribution >= 4 is 60.8 Å². The monoisotopic (exact) mass is 880 g/mol. The van der Waals surface area contributed by atoms with Crippen LogP contribution in [0.5, 0.6) is 0 Å². The zero-order chi connectivity index (χ0) is 45.7. The van der Waals surface area contributed by atoms with Gasteiger partial charge in [-0.05, 0) is 141 Å². The maximum Gasteiger partial charge on any atom is 0.136 e. The highest BCUT2D eigenvalue weighted by molar-refractivity contribution is 6.13. The molecule has 0 spiro atoms. The second-order valence-corrected chi connectivity index (χ2v) is 17.7. The summed E-state index contributed by atoms with van der Waals surface area (Å²) in [4.78, 5) is 2.36. The molecule has 0 saturated carbocycles. The van der Waals surface area contributed by atoms with E-state index in [9.17, 15) is 0 Å². The van der Waals surface area contributed by atoms with Crippen molar-refractivity contribution < 1.29 is 4.42 Å². The van der Waals surface area contributed by atoms with Crippen molar-refractivity contribution in [1.82, 2.24) is 4.57 Å². The van der Waals surface area contributed by atoms with Crippen molar-refractivity contribution in [2.75, 3.05) is 4.90 Å². The predicted molar refractivity (Wildman–Crippen MR) is 290 cm³/mol. The van der Waals surface area contributed by atoms with Gasteiger partial charge >= 0.3 is 0 Å². The zero-order valence-corrected chi connectivity index (χ0v) is 37.7. The van der Waals surface area contributed by atoms with Gasteiger partial charge in [-0.3, -0.25) is 0 Å². The number of hydrogen-bond acceptors (Lipinski definition) is 2. The number of anilines is 3. The van der Waals surface area contributed by atoms with Crippen LogP contribution in [-0.2, 0) is 0 Å². The van der Waals surface area contributed by atoms with E-state index in [1.54, 1.807) is 0 Å². The van der Waals surface area contributed by atoms with Gasteiger partial charge in [0.2, 0.25) is 0 Å². The van der Waals surface area contributed by atoms with Crippen molar-refractivity contribution in [3.63, 3.8) is 0 Å². The average Bonchev–Trinajstić information content (AvgIpc) is 3.98. The molecule has 0 aliphatic rings. The molecule has 0 unspecified atom stereocenters. The Balaban J connectivity index is 0.871. The fourth-order valence-electron chi connectivity index (χ4n) is 10.3. The van der Waals surface area contributed by atoms with Gasteiger partial charge in [-0.25, -0.2) is 0 Å². The SMILES string of the molecule is c1ccc(-c2cccc(-c3ccc(N(c4ccc(-c5cccc(-c6cccc(-n7c8ccccc8c8ccccc87)c6)c5)cc4)c4cccc(-c5cccc6oc7ccccc7c56)c4)cc3)c2)cc1. The third-order valence-electron chi connectivity index (χ3n) is 13.6. The number of benzene rings is 11. The Morgan fingerprint density at radius 1 is 0.275 bits per heavy atom. The molecule has 0 N–H and O–H groups in total. The van der Waals surface area contributed by atoms with Crippen molar-refractivity contribution in [2.45, 2.75) is 0 Å². The molecule has 2 aromatic heterocycles. The Morgan fingerprint density at radius 2 is 0.725 bits per heavy atom. The lowest BCUT2D eigenvalue weighted by Crippen LogP contribution is -2.10. The molecular formula is C66H44N2O. The van der Waals surface area contributed by atoms with Crippen LogP contribution in [0, 0.1) is 0 Å². The van der Waals surface area contributed by atoms with Gasteiger partial charge in [-0.2, -0.15) is 0 Å². The molecule has 13 rings (SSSR count). The molecule has 0 aliphatic heterocycles. The first-order valence-corrected chi connectivity index (χ1v) is 23.6. The van der Waals surface area contributed by atoms with E-state index in [-0.39, 0.29) is 0 Å². The van der Waals surface area contributed by atoms with Crippen molar-refractivity contribution in [2.24, 2.45) is 0 Å². The highest BCUT2D eigenvalue weighted by atomic mass is 16.3. The van der Waals surface area contributed by atoms with Crippen LogP contribution >= 0.6 is 0 Å². The number of furan rings is 1. The molecule has 69 heavy (non-hydrogen) atoms. The van der Waals surface area contributed by atoms with E-state index in [0.717, 1.165) is 66.9 Å². The van der Waals surface area contributed by atoms with Crippen molar-refractivity contribution in [1.29, 1.82) is 0 Å². The molecule has 2 heterocycles. The summed E-state index contributed by atoms with van der Waals surface area (Å²) in [6.07, 6.45) is 0. The van der Waals surface area contributed by atoms with Crippen LogP contribution < -0.4 is 4.90 Å². The normalized spacial score (nSPS) is 11.5. The molecule has 324 valence electrons. The maximum absolute atomic E-state index is 6.33. The van der Waals surface area contributed by atoms with Gasteiger partial charge in [0.05, 0.1) is 11.0 Å². The van der Waals surface area contributed by atoms with E-state index in [4.69, 9.17) is 4.42 Å². The highest BCUT2D eigenvalue weighted by Gasteiger charge is 2.18. The lowest BCUT2D eigenvalue weighted by Gasteiger charge is -2.26. The largest absolute Gasteiger partial charge is 0.456 e. The second kappa shape index (κ2) is 16.9. The standard InChI is InChI=1S/C66H44N2O/c1-2-15-45(16-3-1)48-17-10-18-49(41-48)46-33-37-54(38-34-46)67(56-23-13-22-53(44-56)58-28-14-32-65-66(58)61-27-6-9-31-64(61)69-65)55-39-35-47(36-40-55)50-19-11-20-51(42-50)52-21-12-24-57(43-52)68-62-29-7-4-25-59(62)60-26-5-8-30-63(60)68/h1-44H. The fourth-order valence-corrected chi connectivity index (χ4v) is 10.3. The van der Waals surface area contributed by atoms with Crippen LogP contribution in [0.4, 0.5) is 17.1 Å². The van der Waals surface area contributed by atoms with E-state index in [2.05, 4.69) is 264 Å². The molecule has 13 aromatic rings. The Bertz CT molecular complexity index is 3960. The summed E-state index contributed by atoms with van der Waals surface area (Å²) in [5.41, 5.74) is 20.2. The van der Waals surface area contributed by atoms with Gasteiger partial charge in [0.15, 0.2) is 0 Å². The van der Waals surface area contributed by atoms with Crippen LogP contribution in [0.2, 0.25) is 0 Å². The molecule has 0 bridgehead atoms. The Hall–Kier alpha value is -9.18. The summed E-state index contributed by atoms with van der Waals surface area (Å²) < 4.78 is 8.71. The van der Waals surface area contributed by atoms with Gasteiger partial charge in [-0.1, -0.05) is 182 Å². The minimum Gasteiger partial charge on any atom is -0.456 e. The minimum atomic E-state index is 0.887. The van der Waals surface area contributed by atoms with Crippen molar-refractivity contribution in [3.05, 3.63) is 267 Å². The topological polar surface area (TPSA) is 21.3 Å². The first kappa shape index (κ1) is 40.1. The molecule has 0 radical (unpaired) electrons. The first-order chi connectivity index (χ1) is 34.2. The van der Waals surface area contributed by atoms with Gasteiger partial charge in [0.1, 0.15) is 11.2 Å². The van der Waals surface area contributed by atoms with Crippen LogP contribution in [0.15, 0.2) is 271 Å². The summed E-state index contributed by atoms with van der Waals surface area (Å²) in [7, 11) is 0. The number of rotatable bonds is 9. The molecule has 0 fully saturated rings. The third kappa shape index (κ3) is 7.25. The summed E-state index contributed by atoms with van der Waals surface area (Å²) in [5, 5.41) is 4.77. The Kier molecular flexibility index (Phi) is 9.84. The Labute approximate surface area is 401 Å². The molecule has 3 heteroatoms. The number of hydrogen-bond donors (Lipinski definition) is 0. The summed E-state index contributed by atoms with van der Waals surface area (Å²) in [6, 6.07) is 96.1. The smallest absolute Gasteiger partial charge is 0.136 e. The van der Waals surface area contributed by atoms with Gasteiger partial charge in [0.25, 0.3) is 0 Å². The highest BCUT2D eigenvalue weighted by Crippen LogP contribution is 2.42. The lowest BCUT2D eigenvalue weighted by molar-refractivity contribution is 0.669. The minimum absolute atomic E-state index is 0.887. The van der Waals surface area contributed by atoms with E-state index in [1.165, 1.54) is 55.2 Å². The van der Waals surface area contributed by atoms with Gasteiger partial charge < -0.3 is 13.9 Å². The van der Waals surface area contributed by atoms with Gasteiger partial charge in [0, 0.05) is 44.3 Å². The molecule has 0 atom stereocenters.